The summed E-state index contributed by atoms with van der Waals surface area (Å²) < 4.78 is 5.11. The van der Waals surface area contributed by atoms with E-state index in [4.69, 9.17) is 9.84 Å². The molecule has 0 aliphatic rings. The normalized spacial score (nSPS) is 10.4. The van der Waals surface area contributed by atoms with Gasteiger partial charge >= 0.3 is 5.97 Å². The highest BCUT2D eigenvalue weighted by Gasteiger charge is 2.06. The molecule has 0 aliphatic carbocycles. The number of nitrogens with one attached hydrogen (secondary N) is 2. The molecule has 1 aromatic carbocycles. The molecule has 0 atom stereocenters. The van der Waals surface area contributed by atoms with E-state index in [0.29, 0.717) is 23.2 Å². The molecule has 0 bridgehead atoms. The van der Waals surface area contributed by atoms with Gasteiger partial charge in [-0.1, -0.05) is 0 Å². The number of rotatable bonds is 7. The third kappa shape index (κ3) is 4.90. The number of nitrogens with zero attached hydrogens (tertiary/aromatic N) is 3. The molecule has 0 saturated carbocycles. The first-order valence-corrected chi connectivity index (χ1v) is 8.62. The van der Waals surface area contributed by atoms with Crippen LogP contribution in [0.2, 0.25) is 0 Å². The van der Waals surface area contributed by atoms with Gasteiger partial charge in [0.1, 0.15) is 23.2 Å². The molecule has 3 aromatic rings. The largest absolute Gasteiger partial charge is 0.482 e. The van der Waals surface area contributed by atoms with E-state index in [0.717, 1.165) is 16.5 Å². The Balaban J connectivity index is 1.70. The van der Waals surface area contributed by atoms with Crippen molar-refractivity contribution >= 4 is 39.8 Å². The van der Waals surface area contributed by atoms with Crippen molar-refractivity contribution in [2.24, 2.45) is 0 Å². The minimum atomic E-state index is -1.01. The second-order valence-corrected chi connectivity index (χ2v) is 6.29. The van der Waals surface area contributed by atoms with E-state index < -0.39 is 5.97 Å². The Hall–Kier alpha value is -3.20. The molecule has 0 radical (unpaired) electrons. The maximum absolute atomic E-state index is 10.5. The number of carboxylic acid groups (broad SMARTS) is 1. The van der Waals surface area contributed by atoms with Crippen molar-refractivity contribution in [2.45, 2.75) is 13.8 Å². The third-order valence-electron chi connectivity index (χ3n) is 3.18. The van der Waals surface area contributed by atoms with Crippen LogP contribution in [0.15, 0.2) is 35.7 Å². The molecule has 0 aliphatic heterocycles. The zero-order valence-corrected chi connectivity index (χ0v) is 15.0. The van der Waals surface area contributed by atoms with Crippen molar-refractivity contribution in [3.8, 4) is 5.75 Å². The van der Waals surface area contributed by atoms with E-state index in [1.54, 1.807) is 30.3 Å². The van der Waals surface area contributed by atoms with Crippen molar-refractivity contribution < 1.29 is 14.6 Å². The number of thiazole rings is 1. The van der Waals surface area contributed by atoms with Gasteiger partial charge in [0.15, 0.2) is 11.7 Å². The van der Waals surface area contributed by atoms with Crippen molar-refractivity contribution in [2.75, 3.05) is 17.2 Å². The molecule has 26 heavy (non-hydrogen) atoms. The lowest BCUT2D eigenvalue weighted by Gasteiger charge is -2.10. The highest BCUT2D eigenvalue weighted by Crippen LogP contribution is 2.23. The standard InChI is InChI=1S/C17H17N5O3S/c1-10-9-26-17(18-10)22-15-7-14(19-11(2)20-15)21-12-3-5-13(6-4-12)25-8-16(23)24/h3-7,9H,8H2,1-2H3,(H,23,24)(H2,18,19,20,21,22). The first-order chi connectivity index (χ1) is 12.5. The van der Waals surface area contributed by atoms with Crippen LogP contribution in [-0.2, 0) is 4.79 Å². The number of hydrogen-bond acceptors (Lipinski definition) is 8. The minimum Gasteiger partial charge on any atom is -0.482 e. The van der Waals surface area contributed by atoms with Crippen LogP contribution < -0.4 is 15.4 Å². The number of anilines is 4. The van der Waals surface area contributed by atoms with Crippen molar-refractivity contribution in [3.63, 3.8) is 0 Å². The molecule has 0 amide bonds. The summed E-state index contributed by atoms with van der Waals surface area (Å²) in [6.45, 7) is 3.37. The molecule has 3 rings (SSSR count). The topological polar surface area (TPSA) is 109 Å². The molecule has 0 spiro atoms. The van der Waals surface area contributed by atoms with Crippen molar-refractivity contribution in [1.82, 2.24) is 15.0 Å². The Morgan fingerprint density at radius 2 is 1.81 bits per heavy atom. The van der Waals surface area contributed by atoms with E-state index >= 15 is 0 Å². The van der Waals surface area contributed by atoms with Crippen LogP contribution >= 0.6 is 11.3 Å². The van der Waals surface area contributed by atoms with Gasteiger partial charge in [0.2, 0.25) is 0 Å². The van der Waals surface area contributed by atoms with E-state index in [1.807, 2.05) is 19.2 Å². The number of benzene rings is 1. The zero-order chi connectivity index (χ0) is 18.5. The number of carboxylic acids is 1. The maximum Gasteiger partial charge on any atom is 0.341 e. The summed E-state index contributed by atoms with van der Waals surface area (Å²) >= 11 is 1.51. The molecule has 2 aromatic heterocycles. The quantitative estimate of drug-likeness (QED) is 0.579. The summed E-state index contributed by atoms with van der Waals surface area (Å²) in [7, 11) is 0. The number of ether oxygens (including phenoxy) is 1. The van der Waals surface area contributed by atoms with Crippen LogP contribution in [0.25, 0.3) is 0 Å². The fraction of sp³-hybridized carbons (Fsp3) is 0.176. The van der Waals surface area contributed by atoms with Gasteiger partial charge in [-0.2, -0.15) is 0 Å². The summed E-state index contributed by atoms with van der Waals surface area (Å²) in [5.41, 5.74) is 1.74. The molecule has 0 saturated heterocycles. The summed E-state index contributed by atoms with van der Waals surface area (Å²) in [6, 6.07) is 8.74. The zero-order valence-electron chi connectivity index (χ0n) is 14.2. The molecule has 134 valence electrons. The monoisotopic (exact) mass is 371 g/mol. The van der Waals surface area contributed by atoms with Gasteiger partial charge in [-0.3, -0.25) is 0 Å². The van der Waals surface area contributed by atoms with Gasteiger partial charge in [-0.25, -0.2) is 19.7 Å². The van der Waals surface area contributed by atoms with Crippen LogP contribution in [0, 0.1) is 13.8 Å². The fourth-order valence-electron chi connectivity index (χ4n) is 2.14. The van der Waals surface area contributed by atoms with Crippen LogP contribution in [-0.4, -0.2) is 32.6 Å². The van der Waals surface area contributed by atoms with Gasteiger partial charge in [0, 0.05) is 17.1 Å². The lowest BCUT2D eigenvalue weighted by molar-refractivity contribution is -0.139. The van der Waals surface area contributed by atoms with Crippen LogP contribution in [0.5, 0.6) is 5.75 Å². The SMILES string of the molecule is Cc1csc(Nc2cc(Nc3ccc(OCC(=O)O)cc3)nc(C)n2)n1. The van der Waals surface area contributed by atoms with Gasteiger partial charge in [0.25, 0.3) is 0 Å². The summed E-state index contributed by atoms with van der Waals surface area (Å²) in [6.07, 6.45) is 0. The second-order valence-electron chi connectivity index (χ2n) is 5.44. The first-order valence-electron chi connectivity index (χ1n) is 7.74. The summed E-state index contributed by atoms with van der Waals surface area (Å²) in [5, 5.41) is 17.7. The smallest absolute Gasteiger partial charge is 0.341 e. The Labute approximate surface area is 153 Å². The molecule has 0 fully saturated rings. The molecular weight excluding hydrogens is 354 g/mol. The molecule has 2 heterocycles. The number of carbonyl (C=O) groups is 1. The Morgan fingerprint density at radius 1 is 1.12 bits per heavy atom. The number of aryl methyl sites for hydroxylation is 2. The van der Waals surface area contributed by atoms with Gasteiger partial charge in [-0.15, -0.1) is 11.3 Å². The lowest BCUT2D eigenvalue weighted by atomic mass is 10.3. The van der Waals surface area contributed by atoms with Crippen LogP contribution in [0.3, 0.4) is 0 Å². The predicted molar refractivity (Wildman–Crippen MR) is 99.8 cm³/mol. The molecule has 8 nitrogen and oxygen atoms in total. The third-order valence-corrected chi connectivity index (χ3v) is 4.06. The number of hydrogen-bond donors (Lipinski definition) is 3. The summed E-state index contributed by atoms with van der Waals surface area (Å²) in [5.74, 6) is 1.37. The first kappa shape index (κ1) is 17.6. The Morgan fingerprint density at radius 3 is 2.42 bits per heavy atom. The van der Waals surface area contributed by atoms with Crippen LogP contribution in [0.4, 0.5) is 22.5 Å². The summed E-state index contributed by atoms with van der Waals surface area (Å²) in [4.78, 5) is 23.6. The minimum absolute atomic E-state index is 0.372. The van der Waals surface area contributed by atoms with Gasteiger partial charge in [0.05, 0.1) is 5.69 Å². The fourth-order valence-corrected chi connectivity index (χ4v) is 2.84. The molecule has 3 N–H and O–H groups in total. The van der Waals surface area contributed by atoms with Gasteiger partial charge in [-0.05, 0) is 38.1 Å². The predicted octanol–water partition coefficient (Wildman–Crippen LogP) is 3.50. The molecule has 0 unspecified atom stereocenters. The van der Waals surface area contributed by atoms with Gasteiger partial charge < -0.3 is 20.5 Å². The average molecular weight is 371 g/mol. The van der Waals surface area contributed by atoms with E-state index in [2.05, 4.69) is 25.6 Å². The molecular formula is C17H17N5O3S. The van der Waals surface area contributed by atoms with Crippen molar-refractivity contribution in [1.29, 1.82) is 0 Å². The highest BCUT2D eigenvalue weighted by atomic mass is 32.1. The highest BCUT2D eigenvalue weighted by molar-refractivity contribution is 7.13. The van der Waals surface area contributed by atoms with E-state index in [9.17, 15) is 4.79 Å². The van der Waals surface area contributed by atoms with Crippen LogP contribution in [0.1, 0.15) is 11.5 Å². The Kier molecular flexibility index (Phi) is 5.28. The van der Waals surface area contributed by atoms with Crippen molar-refractivity contribution in [3.05, 3.63) is 47.2 Å². The lowest BCUT2D eigenvalue weighted by Crippen LogP contribution is -2.09. The number of aromatic nitrogens is 3. The maximum atomic E-state index is 10.5. The second kappa shape index (κ2) is 7.79. The van der Waals surface area contributed by atoms with E-state index in [-0.39, 0.29) is 6.61 Å². The molecule has 9 heteroatoms. The Bertz CT molecular complexity index is 911. The average Bonchev–Trinajstić information content (AvgIpc) is 2.98. The number of aliphatic carboxylic acids is 1. The van der Waals surface area contributed by atoms with E-state index in [1.165, 1.54) is 11.3 Å².